The number of methoxy groups -OCH3 is 1. The number of carbonyl (C=O) groups excluding carboxylic acids is 3. The largest absolute Gasteiger partial charge is 0.450 e. The molecule has 0 bridgehead atoms. The number of halogens is 4. The van der Waals surface area contributed by atoms with E-state index < -0.39 is 46.3 Å². The van der Waals surface area contributed by atoms with Crippen molar-refractivity contribution in [3.63, 3.8) is 0 Å². The van der Waals surface area contributed by atoms with Gasteiger partial charge in [0.2, 0.25) is 11.2 Å². The van der Waals surface area contributed by atoms with Crippen LogP contribution in [-0.4, -0.2) is 42.9 Å². The van der Waals surface area contributed by atoms with Crippen LogP contribution in [0.5, 0.6) is 5.75 Å². The molecule has 210 valence electrons. The molecule has 41 heavy (non-hydrogen) atoms. The van der Waals surface area contributed by atoms with Crippen LogP contribution in [0.3, 0.4) is 0 Å². The average Bonchev–Trinajstić information content (AvgIpc) is 3.17. The molecular formula is C29H19ClF3NO7. The molecule has 3 aromatic carbocycles. The van der Waals surface area contributed by atoms with Crippen molar-refractivity contribution in [2.45, 2.75) is 12.6 Å². The van der Waals surface area contributed by atoms with Gasteiger partial charge in [-0.1, -0.05) is 23.7 Å². The van der Waals surface area contributed by atoms with Crippen molar-refractivity contribution in [3.8, 4) is 16.9 Å². The minimum Gasteiger partial charge on any atom is -0.450 e. The lowest BCUT2D eigenvalue weighted by molar-refractivity contribution is -0.152. The summed E-state index contributed by atoms with van der Waals surface area (Å²) in [7, 11) is 1.50. The fourth-order valence-corrected chi connectivity index (χ4v) is 4.60. The summed E-state index contributed by atoms with van der Waals surface area (Å²) in [5.41, 5.74) is -2.01. The van der Waals surface area contributed by atoms with Gasteiger partial charge < -0.3 is 13.9 Å². The minimum absolute atomic E-state index is 0.0240. The van der Waals surface area contributed by atoms with Crippen LogP contribution in [0.1, 0.15) is 43.3 Å². The molecule has 0 unspecified atom stereocenters. The maximum Gasteiger partial charge on any atom is 0.450 e. The molecule has 0 saturated carbocycles. The molecule has 8 nitrogen and oxygen atoms in total. The molecule has 0 aliphatic carbocycles. The lowest BCUT2D eigenvalue weighted by Gasteiger charge is -2.13. The normalized spacial score (nSPS) is 13.1. The Hall–Kier alpha value is -4.48. The highest BCUT2D eigenvalue weighted by molar-refractivity contribution is 6.30. The highest BCUT2D eigenvalue weighted by atomic mass is 35.5. The second-order valence-electron chi connectivity index (χ2n) is 9.06. The first kappa shape index (κ1) is 28.1. The van der Waals surface area contributed by atoms with Gasteiger partial charge in [0.25, 0.3) is 11.8 Å². The monoisotopic (exact) mass is 585 g/mol. The number of hydrogen-bond donors (Lipinski definition) is 0. The topological polar surface area (TPSA) is 103 Å². The van der Waals surface area contributed by atoms with Crippen molar-refractivity contribution in [1.29, 1.82) is 0 Å². The Morgan fingerprint density at radius 1 is 0.951 bits per heavy atom. The molecule has 0 radical (unpaired) electrons. The Morgan fingerprint density at radius 2 is 1.66 bits per heavy atom. The van der Waals surface area contributed by atoms with Gasteiger partial charge in [-0.3, -0.25) is 19.3 Å². The third kappa shape index (κ3) is 5.33. The number of esters is 1. The number of amides is 2. The summed E-state index contributed by atoms with van der Waals surface area (Å²) in [6.45, 7) is 0.492. The summed E-state index contributed by atoms with van der Waals surface area (Å²) in [6, 6.07) is 12.5. The molecule has 12 heteroatoms. The molecule has 0 fully saturated rings. The van der Waals surface area contributed by atoms with Crippen LogP contribution >= 0.6 is 11.6 Å². The summed E-state index contributed by atoms with van der Waals surface area (Å²) in [5.74, 6) is -3.73. The van der Waals surface area contributed by atoms with Crippen molar-refractivity contribution < 1.29 is 41.4 Å². The highest BCUT2D eigenvalue weighted by Crippen LogP contribution is 2.38. The quantitative estimate of drug-likeness (QED) is 0.114. The molecule has 2 heterocycles. The number of hydrogen-bond acceptors (Lipinski definition) is 7. The molecule has 1 aliphatic rings. The van der Waals surface area contributed by atoms with Crippen LogP contribution in [0.25, 0.3) is 22.1 Å². The van der Waals surface area contributed by atoms with E-state index in [1.807, 2.05) is 0 Å². The van der Waals surface area contributed by atoms with E-state index in [0.29, 0.717) is 13.0 Å². The first-order valence-corrected chi connectivity index (χ1v) is 12.5. The average molecular weight is 586 g/mol. The van der Waals surface area contributed by atoms with E-state index >= 15 is 0 Å². The summed E-state index contributed by atoms with van der Waals surface area (Å²) in [5, 5.41) is 0.107. The molecule has 1 aliphatic heterocycles. The number of imide groups is 1. The maximum atomic E-state index is 13.9. The molecule has 4 aromatic rings. The Morgan fingerprint density at radius 3 is 2.34 bits per heavy atom. The predicted molar refractivity (Wildman–Crippen MR) is 141 cm³/mol. The Kier molecular flexibility index (Phi) is 7.41. The second kappa shape index (κ2) is 10.8. The van der Waals surface area contributed by atoms with Gasteiger partial charge >= 0.3 is 12.1 Å². The number of fused-ring (bicyclic) bond motifs is 2. The fraction of sp³-hybridized carbons (Fsp3) is 0.172. The summed E-state index contributed by atoms with van der Waals surface area (Å²) >= 11 is 5.83. The first-order chi connectivity index (χ1) is 19.5. The van der Waals surface area contributed by atoms with E-state index in [2.05, 4.69) is 0 Å². The van der Waals surface area contributed by atoms with Crippen molar-refractivity contribution in [2.24, 2.45) is 0 Å². The zero-order valence-corrected chi connectivity index (χ0v) is 22.0. The van der Waals surface area contributed by atoms with Gasteiger partial charge in [0, 0.05) is 31.4 Å². The van der Waals surface area contributed by atoms with Crippen molar-refractivity contribution >= 4 is 40.4 Å². The minimum atomic E-state index is -5.01. The van der Waals surface area contributed by atoms with E-state index in [1.54, 1.807) is 0 Å². The van der Waals surface area contributed by atoms with Crippen molar-refractivity contribution in [3.05, 3.63) is 98.4 Å². The predicted octanol–water partition coefficient (Wildman–Crippen LogP) is 5.98. The van der Waals surface area contributed by atoms with Gasteiger partial charge in [0.05, 0.1) is 27.6 Å². The van der Waals surface area contributed by atoms with Gasteiger partial charge in [-0.25, -0.2) is 4.79 Å². The third-order valence-corrected chi connectivity index (χ3v) is 6.65. The SMILES string of the molecule is COCCCN1C(=O)c2ccc(C(=O)Oc3ccc4c(=O)c(-c5ccc(Cl)cc5)c(C(F)(F)F)oc4c3)cc2C1=O. The molecular weight excluding hydrogens is 567 g/mol. The molecule has 0 atom stereocenters. The number of carbonyl (C=O) groups is 3. The van der Waals surface area contributed by atoms with E-state index in [1.165, 1.54) is 61.7 Å². The van der Waals surface area contributed by atoms with Crippen LogP contribution in [-0.2, 0) is 10.9 Å². The van der Waals surface area contributed by atoms with E-state index in [-0.39, 0.29) is 45.0 Å². The van der Waals surface area contributed by atoms with Crippen LogP contribution in [0.15, 0.2) is 69.9 Å². The number of rotatable bonds is 7. The molecule has 2 amide bonds. The van der Waals surface area contributed by atoms with E-state index in [4.69, 9.17) is 25.5 Å². The summed E-state index contributed by atoms with van der Waals surface area (Å²) < 4.78 is 57.2. The number of ether oxygens (including phenoxy) is 2. The molecule has 0 N–H and O–H groups in total. The zero-order valence-electron chi connectivity index (χ0n) is 21.2. The second-order valence-corrected chi connectivity index (χ2v) is 9.49. The first-order valence-electron chi connectivity index (χ1n) is 12.1. The molecule has 0 saturated heterocycles. The summed E-state index contributed by atoms with van der Waals surface area (Å²) in [6.07, 6.45) is -4.58. The van der Waals surface area contributed by atoms with Crippen LogP contribution in [0.4, 0.5) is 13.2 Å². The molecule has 5 rings (SSSR count). The Bertz CT molecular complexity index is 1760. The Labute approximate surface area is 234 Å². The fourth-order valence-electron chi connectivity index (χ4n) is 4.47. The van der Waals surface area contributed by atoms with Crippen molar-refractivity contribution in [2.75, 3.05) is 20.3 Å². The lowest BCUT2D eigenvalue weighted by Crippen LogP contribution is -2.31. The van der Waals surface area contributed by atoms with Gasteiger partial charge in [-0.2, -0.15) is 13.2 Å². The molecule has 0 spiro atoms. The van der Waals surface area contributed by atoms with Crippen LogP contribution in [0, 0.1) is 0 Å². The standard InChI is InChI=1S/C29H19ClF3NO7/c1-39-12-2-11-34-26(36)19-9-5-16(13-21(19)27(34)37)28(38)40-18-8-10-20-22(14-18)41-25(29(31,32)33)23(24(20)35)15-3-6-17(30)7-4-15/h3-10,13-14H,2,11-12H2,1H3. The van der Waals surface area contributed by atoms with E-state index in [9.17, 15) is 32.3 Å². The highest BCUT2D eigenvalue weighted by Gasteiger charge is 2.39. The summed E-state index contributed by atoms with van der Waals surface area (Å²) in [4.78, 5) is 52.4. The third-order valence-electron chi connectivity index (χ3n) is 6.40. The van der Waals surface area contributed by atoms with Crippen LogP contribution < -0.4 is 10.2 Å². The Balaban J connectivity index is 1.45. The van der Waals surface area contributed by atoms with Crippen LogP contribution in [0.2, 0.25) is 5.02 Å². The smallest absolute Gasteiger partial charge is 0.450 e. The number of alkyl halides is 3. The van der Waals surface area contributed by atoms with Gasteiger partial charge in [-0.15, -0.1) is 0 Å². The van der Waals surface area contributed by atoms with Gasteiger partial charge in [0.15, 0.2) is 0 Å². The lowest BCUT2D eigenvalue weighted by atomic mass is 10.0. The van der Waals surface area contributed by atoms with Gasteiger partial charge in [-0.05, 0) is 54.4 Å². The van der Waals surface area contributed by atoms with E-state index in [0.717, 1.165) is 11.0 Å². The van der Waals surface area contributed by atoms with Crippen molar-refractivity contribution in [1.82, 2.24) is 4.90 Å². The number of nitrogens with zero attached hydrogens (tertiary/aromatic N) is 1. The maximum absolute atomic E-state index is 13.9. The van der Waals surface area contributed by atoms with Gasteiger partial charge in [0.1, 0.15) is 11.3 Å². The number of benzene rings is 3. The molecule has 1 aromatic heterocycles. The zero-order chi connectivity index (χ0) is 29.5.